The van der Waals surface area contributed by atoms with Crippen LogP contribution in [0, 0.1) is 0 Å². The van der Waals surface area contributed by atoms with Gasteiger partial charge in [0.25, 0.3) is 0 Å². The number of hydrogen-bond acceptors (Lipinski definition) is 3. The zero-order valence-electron chi connectivity index (χ0n) is 19.3. The van der Waals surface area contributed by atoms with Crippen molar-refractivity contribution in [3.05, 3.63) is 91.0 Å². The summed E-state index contributed by atoms with van der Waals surface area (Å²) >= 11 is 0. The summed E-state index contributed by atoms with van der Waals surface area (Å²) < 4.78 is 7.29. The van der Waals surface area contributed by atoms with Crippen LogP contribution in [0.3, 0.4) is 0 Å². The molecule has 34 heavy (non-hydrogen) atoms. The summed E-state index contributed by atoms with van der Waals surface area (Å²) in [6.45, 7) is 1.07. The Bertz CT molecular complexity index is 1170. The number of aryl methyl sites for hydroxylation is 1. The van der Waals surface area contributed by atoms with Crippen LogP contribution in [0.1, 0.15) is 25.7 Å². The van der Waals surface area contributed by atoms with Crippen molar-refractivity contribution in [1.29, 1.82) is 0 Å². The molecule has 1 heterocycles. The van der Waals surface area contributed by atoms with E-state index in [1.54, 1.807) is 0 Å². The van der Waals surface area contributed by atoms with E-state index >= 15 is 0 Å². The van der Waals surface area contributed by atoms with Crippen molar-refractivity contribution in [2.24, 2.45) is 0 Å². The lowest BCUT2D eigenvalue weighted by molar-refractivity contribution is -0.142. The molecule has 0 aliphatic carbocycles. The standard InChI is InChI=1S/C29H30N2O3/c32-26(33)22-34-21-13-2-1-12-20-31-29(25-18-10-5-11-19-25)27(23-14-6-3-7-15-23)28(30-31)24-16-8-4-9-17-24/h3-11,14-19H,1-2,12-13,20-22H2,(H,32,33). The third-order valence-corrected chi connectivity index (χ3v) is 5.74. The van der Waals surface area contributed by atoms with E-state index in [-0.39, 0.29) is 6.61 Å². The highest BCUT2D eigenvalue weighted by Gasteiger charge is 2.21. The average molecular weight is 455 g/mol. The smallest absolute Gasteiger partial charge is 0.329 e. The number of carboxylic acid groups (broad SMARTS) is 1. The highest BCUT2D eigenvalue weighted by Crippen LogP contribution is 2.40. The van der Waals surface area contributed by atoms with Gasteiger partial charge in [0.1, 0.15) is 12.3 Å². The number of hydrogen-bond donors (Lipinski definition) is 1. The Hall–Kier alpha value is -3.70. The minimum absolute atomic E-state index is 0.224. The van der Waals surface area contributed by atoms with Crippen molar-refractivity contribution in [1.82, 2.24) is 9.78 Å². The zero-order chi connectivity index (χ0) is 23.6. The van der Waals surface area contributed by atoms with Crippen LogP contribution in [0.15, 0.2) is 91.0 Å². The van der Waals surface area contributed by atoms with Crippen molar-refractivity contribution in [2.75, 3.05) is 13.2 Å². The molecule has 0 spiro atoms. The lowest BCUT2D eigenvalue weighted by Gasteiger charge is -2.11. The Morgan fingerprint density at radius 1 is 0.735 bits per heavy atom. The Kier molecular flexibility index (Phi) is 8.25. The first kappa shape index (κ1) is 23.5. The molecule has 4 aromatic rings. The van der Waals surface area contributed by atoms with Crippen LogP contribution < -0.4 is 0 Å². The number of carboxylic acids is 1. The number of nitrogens with zero attached hydrogens (tertiary/aromatic N) is 2. The summed E-state index contributed by atoms with van der Waals surface area (Å²) in [7, 11) is 0. The number of carbonyl (C=O) groups is 1. The number of benzene rings is 3. The van der Waals surface area contributed by atoms with Gasteiger partial charge in [-0.25, -0.2) is 4.79 Å². The second-order valence-electron chi connectivity index (χ2n) is 8.25. The quantitative estimate of drug-likeness (QED) is 0.247. The molecule has 1 aromatic heterocycles. The largest absolute Gasteiger partial charge is 0.480 e. The van der Waals surface area contributed by atoms with Gasteiger partial charge in [0.05, 0.1) is 5.69 Å². The Labute approximate surface area is 200 Å². The molecule has 0 radical (unpaired) electrons. The summed E-state index contributed by atoms with van der Waals surface area (Å²) in [5.74, 6) is -0.921. The molecule has 0 atom stereocenters. The van der Waals surface area contributed by atoms with E-state index in [1.165, 1.54) is 0 Å². The molecule has 0 amide bonds. The highest BCUT2D eigenvalue weighted by atomic mass is 16.5. The van der Waals surface area contributed by atoms with Crippen LogP contribution >= 0.6 is 0 Å². The molecule has 1 N–H and O–H groups in total. The molecular formula is C29H30N2O3. The maximum Gasteiger partial charge on any atom is 0.329 e. The van der Waals surface area contributed by atoms with E-state index in [1.807, 2.05) is 18.2 Å². The minimum Gasteiger partial charge on any atom is -0.480 e. The lowest BCUT2D eigenvalue weighted by atomic mass is 9.96. The summed E-state index contributed by atoms with van der Waals surface area (Å²) in [5, 5.41) is 13.8. The first-order valence-corrected chi connectivity index (χ1v) is 11.8. The van der Waals surface area contributed by atoms with Gasteiger partial charge in [-0.15, -0.1) is 0 Å². The first-order valence-electron chi connectivity index (χ1n) is 11.8. The van der Waals surface area contributed by atoms with Crippen molar-refractivity contribution in [3.8, 4) is 33.6 Å². The van der Waals surface area contributed by atoms with Gasteiger partial charge in [-0.05, 0) is 18.4 Å². The number of aliphatic carboxylic acids is 1. The van der Waals surface area contributed by atoms with Gasteiger partial charge in [0.2, 0.25) is 0 Å². The predicted molar refractivity (Wildman–Crippen MR) is 135 cm³/mol. The molecular weight excluding hydrogens is 424 g/mol. The van der Waals surface area contributed by atoms with Crippen LogP contribution in [-0.2, 0) is 16.1 Å². The molecule has 174 valence electrons. The fourth-order valence-corrected chi connectivity index (χ4v) is 4.17. The summed E-state index contributed by atoms with van der Waals surface area (Å²) in [4.78, 5) is 10.5. The Morgan fingerprint density at radius 2 is 1.29 bits per heavy atom. The van der Waals surface area contributed by atoms with Gasteiger partial charge >= 0.3 is 5.97 Å². The third-order valence-electron chi connectivity index (χ3n) is 5.74. The molecule has 4 rings (SSSR count). The van der Waals surface area contributed by atoms with Gasteiger partial charge in [-0.1, -0.05) is 104 Å². The van der Waals surface area contributed by atoms with E-state index in [2.05, 4.69) is 77.5 Å². The van der Waals surface area contributed by atoms with Gasteiger partial charge in [-0.2, -0.15) is 5.10 Å². The molecule has 5 heteroatoms. The maximum absolute atomic E-state index is 10.5. The van der Waals surface area contributed by atoms with E-state index in [0.717, 1.165) is 65.9 Å². The first-order chi connectivity index (χ1) is 16.7. The van der Waals surface area contributed by atoms with Gasteiger partial charge in [0, 0.05) is 29.8 Å². The van der Waals surface area contributed by atoms with Gasteiger partial charge in [0.15, 0.2) is 0 Å². The van der Waals surface area contributed by atoms with Gasteiger partial charge in [-0.3, -0.25) is 4.68 Å². The van der Waals surface area contributed by atoms with Crippen molar-refractivity contribution in [3.63, 3.8) is 0 Å². The normalized spacial score (nSPS) is 10.9. The van der Waals surface area contributed by atoms with E-state index in [0.29, 0.717) is 6.61 Å². The molecule has 0 bridgehead atoms. The fourth-order valence-electron chi connectivity index (χ4n) is 4.17. The van der Waals surface area contributed by atoms with Crippen LogP contribution in [-0.4, -0.2) is 34.1 Å². The van der Waals surface area contributed by atoms with E-state index < -0.39 is 5.97 Å². The molecule has 0 unspecified atom stereocenters. The fraction of sp³-hybridized carbons (Fsp3) is 0.241. The molecule has 0 aliphatic rings. The summed E-state index contributed by atoms with van der Waals surface area (Å²) in [6, 6.07) is 31.3. The highest BCUT2D eigenvalue weighted by molar-refractivity contribution is 5.91. The number of rotatable bonds is 12. The topological polar surface area (TPSA) is 64.3 Å². The molecule has 0 saturated carbocycles. The SMILES string of the molecule is O=C(O)COCCCCCCn1nc(-c2ccccc2)c(-c2ccccc2)c1-c1ccccc1. The van der Waals surface area contributed by atoms with Crippen LogP contribution in [0.4, 0.5) is 0 Å². The Balaban J connectivity index is 1.61. The van der Waals surface area contributed by atoms with Crippen LogP contribution in [0.5, 0.6) is 0 Å². The van der Waals surface area contributed by atoms with Gasteiger partial charge < -0.3 is 9.84 Å². The summed E-state index contributed by atoms with van der Waals surface area (Å²) in [5.41, 5.74) is 6.69. The molecule has 0 aliphatic heterocycles. The number of unbranched alkanes of at least 4 members (excludes halogenated alkanes) is 3. The second kappa shape index (κ2) is 12.0. The molecule has 5 nitrogen and oxygen atoms in total. The molecule has 0 fully saturated rings. The van der Waals surface area contributed by atoms with Crippen LogP contribution in [0.2, 0.25) is 0 Å². The molecule has 0 saturated heterocycles. The van der Waals surface area contributed by atoms with Crippen molar-refractivity contribution < 1.29 is 14.6 Å². The van der Waals surface area contributed by atoms with Crippen LogP contribution in [0.25, 0.3) is 33.6 Å². The van der Waals surface area contributed by atoms with Crippen molar-refractivity contribution in [2.45, 2.75) is 32.2 Å². The third kappa shape index (κ3) is 6.00. The second-order valence-corrected chi connectivity index (χ2v) is 8.25. The van der Waals surface area contributed by atoms with Crippen molar-refractivity contribution >= 4 is 5.97 Å². The summed E-state index contributed by atoms with van der Waals surface area (Å²) in [6.07, 6.45) is 3.88. The minimum atomic E-state index is -0.921. The lowest BCUT2D eigenvalue weighted by Crippen LogP contribution is -2.07. The Morgan fingerprint density at radius 3 is 1.91 bits per heavy atom. The zero-order valence-corrected chi connectivity index (χ0v) is 19.3. The average Bonchev–Trinajstić information content (AvgIpc) is 3.26. The predicted octanol–water partition coefficient (Wildman–Crippen LogP) is 6.55. The monoisotopic (exact) mass is 454 g/mol. The number of aromatic nitrogens is 2. The molecule has 3 aromatic carbocycles. The van der Waals surface area contributed by atoms with E-state index in [4.69, 9.17) is 14.9 Å². The van der Waals surface area contributed by atoms with E-state index in [9.17, 15) is 4.79 Å². The number of ether oxygens (including phenoxy) is 1. The maximum atomic E-state index is 10.5.